The maximum Gasteiger partial charge on any atom is 0.303 e. The van der Waals surface area contributed by atoms with Crippen LogP contribution in [0.15, 0.2) is 0 Å². The second-order valence-electron chi connectivity index (χ2n) is 14.3. The van der Waals surface area contributed by atoms with Gasteiger partial charge >= 0.3 is 11.9 Å². The molecule has 0 radical (unpaired) electrons. The topological polar surface area (TPSA) is 61.8 Å². The summed E-state index contributed by atoms with van der Waals surface area (Å²) in [7, 11) is 0. The zero-order valence-corrected chi connectivity index (χ0v) is 23.8. The monoisotopic (exact) mass is 502 g/mol. The highest BCUT2D eigenvalue weighted by molar-refractivity contribution is 5.67. The molecule has 3 aliphatic carbocycles. The van der Waals surface area contributed by atoms with E-state index < -0.39 is 5.60 Å². The molecule has 11 unspecified atom stereocenters. The molecule has 36 heavy (non-hydrogen) atoms. The van der Waals surface area contributed by atoms with Gasteiger partial charge in [0.25, 0.3) is 0 Å². The quantitative estimate of drug-likeness (QED) is 0.362. The van der Waals surface area contributed by atoms with Gasteiger partial charge in [-0.15, -0.1) is 0 Å². The van der Waals surface area contributed by atoms with Crippen LogP contribution >= 0.6 is 0 Å². The van der Waals surface area contributed by atoms with Gasteiger partial charge in [0, 0.05) is 25.7 Å². The van der Waals surface area contributed by atoms with Gasteiger partial charge in [-0.1, -0.05) is 53.9 Å². The van der Waals surface area contributed by atoms with Gasteiger partial charge in [-0.3, -0.25) is 9.59 Å². The Morgan fingerprint density at radius 1 is 0.944 bits per heavy atom. The Morgan fingerprint density at radius 3 is 2.33 bits per heavy atom. The lowest BCUT2D eigenvalue weighted by Gasteiger charge is -2.62. The van der Waals surface area contributed by atoms with Crippen LogP contribution in [0.5, 0.6) is 0 Å². The lowest BCUT2D eigenvalue weighted by atomic mass is 9.43. The fraction of sp³-hybridized carbons (Fsp3) is 0.935. The minimum atomic E-state index is -0.527. The molecular formula is C31H50O5. The number of rotatable bonds is 7. The first-order chi connectivity index (χ1) is 16.9. The van der Waals surface area contributed by atoms with Gasteiger partial charge in [0.2, 0.25) is 0 Å². The lowest BCUT2D eigenvalue weighted by Crippen LogP contribution is -2.66. The fourth-order valence-electron chi connectivity index (χ4n) is 10.5. The van der Waals surface area contributed by atoms with Crippen LogP contribution in [0.1, 0.15) is 113 Å². The van der Waals surface area contributed by atoms with Crippen molar-refractivity contribution in [2.75, 3.05) is 0 Å². The van der Waals surface area contributed by atoms with E-state index in [-0.39, 0.29) is 35.7 Å². The van der Waals surface area contributed by atoms with Crippen molar-refractivity contribution >= 4 is 11.9 Å². The highest BCUT2D eigenvalue weighted by Gasteiger charge is 2.76. The van der Waals surface area contributed by atoms with Crippen molar-refractivity contribution in [3.05, 3.63) is 0 Å². The maximum atomic E-state index is 12.3. The smallest absolute Gasteiger partial charge is 0.303 e. The van der Waals surface area contributed by atoms with Gasteiger partial charge in [0.1, 0.15) is 17.8 Å². The summed E-state index contributed by atoms with van der Waals surface area (Å²) >= 11 is 0. The van der Waals surface area contributed by atoms with Crippen molar-refractivity contribution in [3.63, 3.8) is 0 Å². The Hall–Kier alpha value is -1.10. The average molecular weight is 503 g/mol. The van der Waals surface area contributed by atoms with Crippen molar-refractivity contribution in [2.45, 2.75) is 137 Å². The molecule has 5 heteroatoms. The molecule has 0 amide bonds. The molecule has 1 spiro atoms. The van der Waals surface area contributed by atoms with E-state index in [4.69, 9.17) is 14.2 Å². The van der Waals surface area contributed by atoms with Gasteiger partial charge < -0.3 is 14.2 Å². The summed E-state index contributed by atoms with van der Waals surface area (Å²) in [5.74, 6) is 3.76. The van der Waals surface area contributed by atoms with Gasteiger partial charge in [-0.05, 0) is 79.4 Å². The third kappa shape index (κ3) is 3.96. The number of hydrogen-bond acceptors (Lipinski definition) is 5. The van der Waals surface area contributed by atoms with Gasteiger partial charge in [0.15, 0.2) is 0 Å². The predicted octanol–water partition coefficient (Wildman–Crippen LogP) is 6.71. The maximum absolute atomic E-state index is 12.3. The molecule has 5 fully saturated rings. The molecular weight excluding hydrogens is 452 g/mol. The van der Waals surface area contributed by atoms with E-state index in [0.717, 1.165) is 30.6 Å². The van der Waals surface area contributed by atoms with Crippen LogP contribution in [0.2, 0.25) is 0 Å². The highest BCUT2D eigenvalue weighted by atomic mass is 16.6. The summed E-state index contributed by atoms with van der Waals surface area (Å²) in [6.07, 6.45) is 11.1. The van der Waals surface area contributed by atoms with E-state index in [0.29, 0.717) is 29.6 Å². The van der Waals surface area contributed by atoms with Crippen LogP contribution in [0.4, 0.5) is 0 Å². The van der Waals surface area contributed by atoms with E-state index in [9.17, 15) is 9.59 Å². The van der Waals surface area contributed by atoms with Crippen molar-refractivity contribution < 1.29 is 23.8 Å². The molecule has 5 nitrogen and oxygen atoms in total. The molecule has 0 aromatic carbocycles. The number of carbonyl (C=O) groups excluding carboxylic acids is 2. The zero-order valence-electron chi connectivity index (χ0n) is 23.8. The van der Waals surface area contributed by atoms with Gasteiger partial charge in [-0.25, -0.2) is 0 Å². The molecule has 2 bridgehead atoms. The predicted molar refractivity (Wildman–Crippen MR) is 139 cm³/mol. The van der Waals surface area contributed by atoms with Crippen LogP contribution in [-0.2, 0) is 23.8 Å². The van der Waals surface area contributed by atoms with Gasteiger partial charge in [-0.2, -0.15) is 0 Å². The molecule has 2 saturated heterocycles. The van der Waals surface area contributed by atoms with Crippen molar-refractivity contribution in [1.29, 1.82) is 0 Å². The van der Waals surface area contributed by atoms with Crippen LogP contribution in [0.25, 0.3) is 0 Å². The third-order valence-corrected chi connectivity index (χ3v) is 12.0. The molecule has 0 aromatic heterocycles. The fourth-order valence-corrected chi connectivity index (χ4v) is 10.5. The number of hydrogen-bond donors (Lipinski definition) is 0. The van der Waals surface area contributed by atoms with E-state index in [2.05, 4.69) is 34.6 Å². The van der Waals surface area contributed by atoms with Crippen LogP contribution in [0.3, 0.4) is 0 Å². The Kier molecular flexibility index (Phi) is 6.83. The summed E-state index contributed by atoms with van der Waals surface area (Å²) in [6.45, 7) is 15.2. The molecule has 3 saturated carbocycles. The lowest BCUT2D eigenvalue weighted by molar-refractivity contribution is -0.224. The molecule has 2 aliphatic heterocycles. The minimum absolute atomic E-state index is 0.0420. The number of esters is 2. The molecule has 0 N–H and O–H groups in total. The van der Waals surface area contributed by atoms with Crippen LogP contribution < -0.4 is 0 Å². The van der Waals surface area contributed by atoms with E-state index in [1.54, 1.807) is 0 Å². The summed E-state index contributed by atoms with van der Waals surface area (Å²) in [5.41, 5.74) is -0.182. The van der Waals surface area contributed by atoms with Crippen LogP contribution in [0, 0.1) is 46.3 Å². The van der Waals surface area contributed by atoms with Crippen molar-refractivity contribution in [2.24, 2.45) is 46.3 Å². The Labute approximate surface area is 218 Å². The number of ether oxygens (including phenoxy) is 3. The number of fused-ring (bicyclic) bond motifs is 5. The molecule has 5 aliphatic rings. The number of carbonyl (C=O) groups is 2. The summed E-state index contributed by atoms with van der Waals surface area (Å²) in [5, 5.41) is 0. The van der Waals surface area contributed by atoms with E-state index >= 15 is 0 Å². The molecule has 5 rings (SSSR count). The molecule has 11 atom stereocenters. The zero-order chi connectivity index (χ0) is 26.0. The third-order valence-electron chi connectivity index (χ3n) is 12.0. The van der Waals surface area contributed by atoms with Gasteiger partial charge in [0.05, 0.1) is 6.10 Å². The highest BCUT2D eigenvalue weighted by Crippen LogP contribution is 2.73. The Morgan fingerprint density at radius 2 is 1.67 bits per heavy atom. The van der Waals surface area contributed by atoms with E-state index in [1.165, 1.54) is 58.8 Å². The summed E-state index contributed by atoms with van der Waals surface area (Å²) < 4.78 is 18.6. The van der Waals surface area contributed by atoms with E-state index in [1.807, 2.05) is 0 Å². The Balaban J connectivity index is 1.39. The second-order valence-corrected chi connectivity index (χ2v) is 14.3. The van der Waals surface area contributed by atoms with Crippen molar-refractivity contribution in [1.82, 2.24) is 0 Å². The molecule has 2 heterocycles. The summed E-state index contributed by atoms with van der Waals surface area (Å²) in [6, 6.07) is 0. The standard InChI is InChI=1S/C31H50O5/c1-18(2)9-8-10-19(3)23-11-12-24-22-15-28(35-21(5)33)31-17-26(34-20(4)32)27(36-31)16-30(31,7)25(22)13-14-29(23,24)6/h18-19,22-28H,8-17H2,1-7H3. The second kappa shape index (κ2) is 9.27. The molecule has 204 valence electrons. The SMILES string of the molecule is CC(=O)OC1CC23OC1CC2(C)C1CCC2(C)C(C(C)CCCC(C)C)CCC2C1CC3OC(C)=O. The first kappa shape index (κ1) is 26.5. The van der Waals surface area contributed by atoms with Crippen molar-refractivity contribution in [3.8, 4) is 0 Å². The first-order valence-corrected chi connectivity index (χ1v) is 14.9. The first-order valence-electron chi connectivity index (χ1n) is 14.9. The minimum Gasteiger partial charge on any atom is -0.460 e. The molecule has 0 aromatic rings. The largest absolute Gasteiger partial charge is 0.460 e. The normalized spacial score (nSPS) is 47.7. The van der Waals surface area contributed by atoms with Crippen LogP contribution in [-0.4, -0.2) is 35.9 Å². The Bertz CT molecular complexity index is 869. The average Bonchev–Trinajstić information content (AvgIpc) is 3.40. The summed E-state index contributed by atoms with van der Waals surface area (Å²) in [4.78, 5) is 24.1.